The fourth-order valence-corrected chi connectivity index (χ4v) is 2.59. The van der Waals surface area contributed by atoms with E-state index < -0.39 is 5.97 Å². The number of carbonyl (C=O) groups is 1. The van der Waals surface area contributed by atoms with Gasteiger partial charge in [0.05, 0.1) is 5.97 Å². The van der Waals surface area contributed by atoms with Gasteiger partial charge in [-0.2, -0.15) is 0 Å². The summed E-state index contributed by atoms with van der Waals surface area (Å²) in [5.74, 6) is -0.913. The summed E-state index contributed by atoms with van der Waals surface area (Å²) in [6, 6.07) is 18.5. The van der Waals surface area contributed by atoms with Crippen molar-refractivity contribution in [3.05, 3.63) is 76.3 Å². The molecule has 0 aromatic heterocycles. The fourth-order valence-electron chi connectivity index (χ4n) is 2.32. The van der Waals surface area contributed by atoms with E-state index in [0.29, 0.717) is 17.7 Å². The van der Waals surface area contributed by atoms with E-state index in [1.165, 1.54) is 0 Å². The van der Waals surface area contributed by atoms with Crippen LogP contribution in [0.3, 0.4) is 0 Å². The lowest BCUT2D eigenvalue weighted by Crippen LogP contribution is -2.23. The first-order valence-electron chi connectivity index (χ1n) is 6.75. The van der Waals surface area contributed by atoms with Gasteiger partial charge in [0.25, 0.3) is 0 Å². The summed E-state index contributed by atoms with van der Waals surface area (Å²) in [5, 5.41) is 13.0. The van der Waals surface area contributed by atoms with Crippen molar-refractivity contribution in [3.63, 3.8) is 0 Å². The Hall–Kier alpha value is -2.33. The Morgan fingerprint density at radius 2 is 1.73 bits per heavy atom. The van der Waals surface area contributed by atoms with Gasteiger partial charge in [0, 0.05) is 10.0 Å². The minimum absolute atomic E-state index is 0.0928. The molecular formula is C18H12BrO3-. The van der Waals surface area contributed by atoms with Crippen molar-refractivity contribution < 1.29 is 14.6 Å². The predicted octanol–water partition coefficient (Wildman–Crippen LogP) is 3.54. The zero-order chi connectivity index (χ0) is 15.5. The first-order valence-corrected chi connectivity index (χ1v) is 7.55. The normalized spacial score (nSPS) is 10.6. The average molecular weight is 356 g/mol. The van der Waals surface area contributed by atoms with E-state index in [1.807, 2.05) is 42.5 Å². The van der Waals surface area contributed by atoms with Gasteiger partial charge < -0.3 is 14.6 Å². The molecule has 0 unspecified atom stereocenters. The van der Waals surface area contributed by atoms with Crippen LogP contribution in [0.25, 0.3) is 10.8 Å². The molecule has 0 saturated carbocycles. The van der Waals surface area contributed by atoms with E-state index in [2.05, 4.69) is 15.9 Å². The highest BCUT2D eigenvalue weighted by Crippen LogP contribution is 2.28. The number of aromatic carboxylic acids is 1. The highest BCUT2D eigenvalue weighted by Gasteiger charge is 2.10. The third-order valence-corrected chi connectivity index (χ3v) is 3.93. The molecule has 22 heavy (non-hydrogen) atoms. The minimum Gasteiger partial charge on any atom is -0.545 e. The second kappa shape index (κ2) is 6.20. The van der Waals surface area contributed by atoms with Crippen LogP contribution in [0, 0.1) is 0 Å². The topological polar surface area (TPSA) is 49.4 Å². The summed E-state index contributed by atoms with van der Waals surface area (Å²) in [6.07, 6.45) is 0. The smallest absolute Gasteiger partial charge is 0.129 e. The van der Waals surface area contributed by atoms with E-state index in [0.717, 1.165) is 15.4 Å². The highest BCUT2D eigenvalue weighted by atomic mass is 79.9. The summed E-state index contributed by atoms with van der Waals surface area (Å²) in [7, 11) is 0. The van der Waals surface area contributed by atoms with Gasteiger partial charge in [-0.25, -0.2) is 0 Å². The molecule has 4 heteroatoms. The second-order valence-corrected chi connectivity index (χ2v) is 5.78. The van der Waals surface area contributed by atoms with Gasteiger partial charge in [-0.3, -0.25) is 0 Å². The molecule has 0 amide bonds. The third-order valence-electron chi connectivity index (χ3n) is 3.40. The van der Waals surface area contributed by atoms with Gasteiger partial charge in [-0.15, -0.1) is 0 Å². The monoisotopic (exact) mass is 355 g/mol. The van der Waals surface area contributed by atoms with Crippen LogP contribution in [0.15, 0.2) is 65.1 Å². The number of benzene rings is 3. The first-order chi connectivity index (χ1) is 10.6. The molecule has 0 spiro atoms. The lowest BCUT2D eigenvalue weighted by molar-refractivity contribution is -0.254. The minimum atomic E-state index is -1.23. The van der Waals surface area contributed by atoms with Crippen LogP contribution in [0.2, 0.25) is 0 Å². The Morgan fingerprint density at radius 3 is 2.45 bits per heavy atom. The van der Waals surface area contributed by atoms with Crippen LogP contribution >= 0.6 is 15.9 Å². The van der Waals surface area contributed by atoms with E-state index in [1.54, 1.807) is 18.2 Å². The standard InChI is InChI=1S/C18H13BrO3/c19-14-8-5-12(6-9-14)11-22-16-10-7-13-3-1-2-4-15(13)17(16)18(20)21/h1-10H,11H2,(H,20,21)/p-1. The number of rotatable bonds is 4. The zero-order valence-corrected chi connectivity index (χ0v) is 13.2. The second-order valence-electron chi connectivity index (χ2n) is 4.86. The van der Waals surface area contributed by atoms with Gasteiger partial charge in [-0.1, -0.05) is 58.4 Å². The quantitative estimate of drug-likeness (QED) is 0.719. The molecule has 0 N–H and O–H groups in total. The number of carboxylic acids is 1. The van der Waals surface area contributed by atoms with Gasteiger partial charge >= 0.3 is 0 Å². The van der Waals surface area contributed by atoms with Crippen LogP contribution in [0.4, 0.5) is 0 Å². The van der Waals surface area contributed by atoms with Crippen LogP contribution in [-0.4, -0.2) is 5.97 Å². The Morgan fingerprint density at radius 1 is 1.00 bits per heavy atom. The number of ether oxygens (including phenoxy) is 1. The van der Waals surface area contributed by atoms with Crippen molar-refractivity contribution in [1.29, 1.82) is 0 Å². The number of fused-ring (bicyclic) bond motifs is 1. The van der Waals surface area contributed by atoms with E-state index in [4.69, 9.17) is 4.74 Å². The third kappa shape index (κ3) is 2.97. The van der Waals surface area contributed by atoms with Crippen molar-refractivity contribution in [2.24, 2.45) is 0 Å². The van der Waals surface area contributed by atoms with Gasteiger partial charge in [0.1, 0.15) is 12.4 Å². The molecule has 110 valence electrons. The maximum atomic E-state index is 11.5. The largest absolute Gasteiger partial charge is 0.545 e. The molecule has 0 aliphatic rings. The molecule has 3 rings (SSSR count). The summed E-state index contributed by atoms with van der Waals surface area (Å²) >= 11 is 3.37. The van der Waals surface area contributed by atoms with Crippen molar-refractivity contribution >= 4 is 32.7 Å². The number of hydrogen-bond donors (Lipinski definition) is 0. The first kappa shape index (κ1) is 14.6. The molecule has 0 atom stereocenters. The van der Waals surface area contributed by atoms with E-state index in [-0.39, 0.29) is 5.56 Å². The Balaban J connectivity index is 1.94. The van der Waals surface area contributed by atoms with E-state index >= 15 is 0 Å². The summed E-state index contributed by atoms with van der Waals surface area (Å²) in [6.45, 7) is 0.298. The molecule has 0 heterocycles. The van der Waals surface area contributed by atoms with Gasteiger partial charge in [0.2, 0.25) is 0 Å². The highest BCUT2D eigenvalue weighted by molar-refractivity contribution is 9.10. The molecule has 3 aromatic carbocycles. The molecule has 0 fully saturated rings. The lowest BCUT2D eigenvalue weighted by atomic mass is 10.0. The molecule has 0 aliphatic carbocycles. The molecule has 3 nitrogen and oxygen atoms in total. The Labute approximate surface area is 136 Å². The lowest BCUT2D eigenvalue weighted by Gasteiger charge is -2.15. The number of halogens is 1. The maximum absolute atomic E-state index is 11.5. The number of hydrogen-bond acceptors (Lipinski definition) is 3. The molecule has 0 bridgehead atoms. The van der Waals surface area contributed by atoms with Crippen molar-refractivity contribution in [3.8, 4) is 5.75 Å². The van der Waals surface area contributed by atoms with Crippen LogP contribution in [0.1, 0.15) is 15.9 Å². The molecular weight excluding hydrogens is 344 g/mol. The average Bonchev–Trinajstić information content (AvgIpc) is 2.53. The van der Waals surface area contributed by atoms with Crippen LogP contribution in [0.5, 0.6) is 5.75 Å². The molecule has 3 aromatic rings. The molecule has 0 aliphatic heterocycles. The summed E-state index contributed by atoms with van der Waals surface area (Å²) < 4.78 is 6.68. The van der Waals surface area contributed by atoms with E-state index in [9.17, 15) is 9.90 Å². The van der Waals surface area contributed by atoms with Crippen molar-refractivity contribution in [1.82, 2.24) is 0 Å². The Bertz CT molecular complexity index is 825. The van der Waals surface area contributed by atoms with Crippen LogP contribution in [-0.2, 0) is 6.61 Å². The predicted molar refractivity (Wildman–Crippen MR) is 86.8 cm³/mol. The summed E-state index contributed by atoms with van der Waals surface area (Å²) in [4.78, 5) is 11.5. The molecule has 0 radical (unpaired) electrons. The Kier molecular flexibility index (Phi) is 4.11. The molecule has 0 saturated heterocycles. The SMILES string of the molecule is O=C([O-])c1c(OCc2ccc(Br)cc2)ccc2ccccc12. The summed E-state index contributed by atoms with van der Waals surface area (Å²) in [5.41, 5.74) is 1.05. The fraction of sp³-hybridized carbons (Fsp3) is 0.0556. The van der Waals surface area contributed by atoms with Crippen molar-refractivity contribution in [2.45, 2.75) is 6.61 Å². The number of carboxylic acid groups (broad SMARTS) is 1. The van der Waals surface area contributed by atoms with Crippen LogP contribution < -0.4 is 9.84 Å². The van der Waals surface area contributed by atoms with Gasteiger partial charge in [0.15, 0.2) is 0 Å². The van der Waals surface area contributed by atoms with Gasteiger partial charge in [-0.05, 0) is 34.5 Å². The van der Waals surface area contributed by atoms with Crippen molar-refractivity contribution in [2.75, 3.05) is 0 Å². The maximum Gasteiger partial charge on any atom is 0.129 e. The number of carbonyl (C=O) groups excluding carboxylic acids is 1. The zero-order valence-electron chi connectivity index (χ0n) is 11.6.